The largest absolute Gasteiger partial charge is 0.462 e. The average molecular weight is 1040 g/mol. The average Bonchev–Trinajstić information content (AvgIpc) is 3.41. The number of carbonyl (C=O) groups is 3. The molecule has 6 nitrogen and oxygen atoms in total. The molecule has 0 aromatic rings. The van der Waals surface area contributed by atoms with Crippen LogP contribution in [0.3, 0.4) is 0 Å². The van der Waals surface area contributed by atoms with E-state index in [9.17, 15) is 14.4 Å². The van der Waals surface area contributed by atoms with Crippen molar-refractivity contribution >= 4 is 17.9 Å². The molecule has 0 bridgehead atoms. The van der Waals surface area contributed by atoms with E-state index in [1.807, 2.05) is 0 Å². The van der Waals surface area contributed by atoms with Gasteiger partial charge in [-0.2, -0.15) is 0 Å². The molecule has 0 saturated heterocycles. The van der Waals surface area contributed by atoms with Crippen LogP contribution in [0.4, 0.5) is 0 Å². The zero-order valence-corrected chi connectivity index (χ0v) is 48.5. The predicted octanol–water partition coefficient (Wildman–Crippen LogP) is 21.0. The van der Waals surface area contributed by atoms with E-state index < -0.39 is 6.10 Å². The monoisotopic (exact) mass is 1040 g/mol. The summed E-state index contributed by atoms with van der Waals surface area (Å²) in [4.78, 5) is 38.3. The van der Waals surface area contributed by atoms with E-state index >= 15 is 0 Å². The Bertz CT molecular complexity index is 1620. The molecule has 6 heteroatoms. The van der Waals surface area contributed by atoms with Gasteiger partial charge in [0.25, 0.3) is 0 Å². The van der Waals surface area contributed by atoms with E-state index in [4.69, 9.17) is 14.2 Å². The van der Waals surface area contributed by atoms with Crippen molar-refractivity contribution < 1.29 is 28.6 Å². The van der Waals surface area contributed by atoms with Gasteiger partial charge in [-0.15, -0.1) is 0 Å². The topological polar surface area (TPSA) is 78.9 Å². The van der Waals surface area contributed by atoms with Crippen molar-refractivity contribution in [1.82, 2.24) is 0 Å². The Labute approximate surface area is 462 Å². The number of unbranched alkanes of at least 4 members (excludes halogenated alkanes) is 21. The van der Waals surface area contributed by atoms with E-state index in [0.717, 1.165) is 128 Å². The van der Waals surface area contributed by atoms with Crippen LogP contribution in [0.25, 0.3) is 0 Å². The van der Waals surface area contributed by atoms with Crippen LogP contribution < -0.4 is 0 Å². The van der Waals surface area contributed by atoms with E-state index in [0.29, 0.717) is 19.3 Å². The van der Waals surface area contributed by atoms with Gasteiger partial charge in [0, 0.05) is 19.3 Å². The van der Waals surface area contributed by atoms with Crippen molar-refractivity contribution in [3.8, 4) is 0 Å². The summed E-state index contributed by atoms with van der Waals surface area (Å²) in [5.41, 5.74) is 0. The first-order valence-corrected chi connectivity index (χ1v) is 30.7. The first kappa shape index (κ1) is 70.5. The van der Waals surface area contributed by atoms with Crippen LogP contribution in [-0.4, -0.2) is 37.2 Å². The fraction of sp³-hybridized carbons (Fsp3) is 0.638. The van der Waals surface area contributed by atoms with Crippen molar-refractivity contribution in [2.75, 3.05) is 13.2 Å². The Hall–Kier alpha value is -4.45. The molecule has 0 spiro atoms. The van der Waals surface area contributed by atoms with Gasteiger partial charge in [0.1, 0.15) is 13.2 Å². The van der Waals surface area contributed by atoms with Gasteiger partial charge in [-0.05, 0) is 128 Å². The molecule has 0 aliphatic rings. The van der Waals surface area contributed by atoms with E-state index in [2.05, 4.69) is 154 Å². The van der Waals surface area contributed by atoms with Gasteiger partial charge in [0.2, 0.25) is 0 Å². The van der Waals surface area contributed by atoms with Gasteiger partial charge < -0.3 is 14.2 Å². The lowest BCUT2D eigenvalue weighted by atomic mass is 10.1. The second-order valence-electron chi connectivity index (χ2n) is 19.8. The van der Waals surface area contributed by atoms with Gasteiger partial charge in [-0.25, -0.2) is 0 Å². The van der Waals surface area contributed by atoms with Gasteiger partial charge >= 0.3 is 17.9 Å². The number of carbonyl (C=O) groups excluding carboxylic acids is 3. The minimum atomic E-state index is -0.817. The van der Waals surface area contributed by atoms with Crippen LogP contribution in [0, 0.1) is 0 Å². The first-order valence-electron chi connectivity index (χ1n) is 30.7. The zero-order valence-electron chi connectivity index (χ0n) is 48.5. The lowest BCUT2D eigenvalue weighted by Crippen LogP contribution is -2.30. The summed E-state index contributed by atoms with van der Waals surface area (Å²) < 4.78 is 16.8. The van der Waals surface area contributed by atoms with Gasteiger partial charge in [-0.3, -0.25) is 14.4 Å². The molecular formula is C69H112O6. The fourth-order valence-corrected chi connectivity index (χ4v) is 8.09. The lowest BCUT2D eigenvalue weighted by Gasteiger charge is -2.18. The third kappa shape index (κ3) is 60.3. The Kier molecular flexibility index (Phi) is 58.4. The lowest BCUT2D eigenvalue weighted by molar-refractivity contribution is -0.167. The van der Waals surface area contributed by atoms with Crippen LogP contribution in [0.5, 0.6) is 0 Å². The van der Waals surface area contributed by atoms with Crippen LogP contribution in [0.2, 0.25) is 0 Å². The van der Waals surface area contributed by atoms with E-state index in [-0.39, 0.29) is 37.5 Å². The molecule has 0 aromatic heterocycles. The molecule has 0 amide bonds. The minimum Gasteiger partial charge on any atom is -0.462 e. The highest BCUT2D eigenvalue weighted by Crippen LogP contribution is 2.15. The van der Waals surface area contributed by atoms with Crippen LogP contribution in [0.15, 0.2) is 134 Å². The van der Waals surface area contributed by atoms with Crippen LogP contribution in [0.1, 0.15) is 265 Å². The van der Waals surface area contributed by atoms with Gasteiger partial charge in [-0.1, -0.05) is 251 Å². The van der Waals surface area contributed by atoms with Crippen molar-refractivity contribution in [3.05, 3.63) is 134 Å². The molecule has 0 aromatic carbocycles. The number of ether oxygens (including phenoxy) is 3. The van der Waals surface area contributed by atoms with Gasteiger partial charge in [0.05, 0.1) is 0 Å². The molecule has 0 fully saturated rings. The Morgan fingerprint density at radius 3 is 0.880 bits per heavy atom. The first-order chi connectivity index (χ1) is 37.0. The molecule has 0 N–H and O–H groups in total. The smallest absolute Gasteiger partial charge is 0.306 e. The van der Waals surface area contributed by atoms with Crippen LogP contribution in [-0.2, 0) is 28.6 Å². The third-order valence-corrected chi connectivity index (χ3v) is 12.6. The highest BCUT2D eigenvalue weighted by Gasteiger charge is 2.19. The summed E-state index contributed by atoms with van der Waals surface area (Å²) in [5.74, 6) is -0.989. The molecule has 75 heavy (non-hydrogen) atoms. The minimum absolute atomic E-state index is 0.110. The number of allylic oxidation sites excluding steroid dienone is 22. The Morgan fingerprint density at radius 2 is 0.533 bits per heavy atom. The number of esters is 3. The second kappa shape index (κ2) is 62.1. The van der Waals surface area contributed by atoms with Crippen molar-refractivity contribution in [3.63, 3.8) is 0 Å². The molecule has 1 atom stereocenters. The van der Waals surface area contributed by atoms with Gasteiger partial charge in [0.15, 0.2) is 6.10 Å². The van der Waals surface area contributed by atoms with Crippen molar-refractivity contribution in [2.24, 2.45) is 0 Å². The summed E-state index contributed by atoms with van der Waals surface area (Å²) in [7, 11) is 0. The zero-order chi connectivity index (χ0) is 54.3. The normalized spacial score (nSPS) is 13.1. The highest BCUT2D eigenvalue weighted by atomic mass is 16.6. The maximum absolute atomic E-state index is 12.9. The highest BCUT2D eigenvalue weighted by molar-refractivity contribution is 5.71. The summed E-state index contributed by atoms with van der Waals surface area (Å²) in [6.45, 7) is 6.35. The predicted molar refractivity (Wildman–Crippen MR) is 325 cm³/mol. The molecule has 0 aliphatic carbocycles. The summed E-state index contributed by atoms with van der Waals surface area (Å²) in [6, 6.07) is 0. The number of rotatable bonds is 54. The Morgan fingerprint density at radius 1 is 0.280 bits per heavy atom. The maximum atomic E-state index is 12.9. The summed E-state index contributed by atoms with van der Waals surface area (Å²) >= 11 is 0. The molecule has 1 unspecified atom stereocenters. The molecular weight excluding hydrogens is 925 g/mol. The number of hydrogen-bond donors (Lipinski definition) is 0. The van der Waals surface area contributed by atoms with Crippen LogP contribution >= 0.6 is 0 Å². The maximum Gasteiger partial charge on any atom is 0.306 e. The SMILES string of the molecule is CC/C=C\C/C=C\C/C=C\C/C=C\C/C=C\CCCCCCCC(=O)OCC(COC(=O)CCC/C=C\C/C=C\C/C=C\C/C=C\C/C=C\CC)OC(=O)CCCCCCCCCCC/C=C\CCCCCCCC. The van der Waals surface area contributed by atoms with Crippen molar-refractivity contribution in [2.45, 2.75) is 271 Å². The third-order valence-electron chi connectivity index (χ3n) is 12.6. The quantitative estimate of drug-likeness (QED) is 0.0261. The molecule has 424 valence electrons. The molecule has 0 aliphatic heterocycles. The molecule has 0 radical (unpaired) electrons. The molecule has 0 heterocycles. The summed E-state index contributed by atoms with van der Waals surface area (Å²) in [5, 5.41) is 0. The standard InChI is InChI=1S/C69H112O6/c1-4-7-10-13-16-19-22-25-28-31-33-34-36-38-41-44-47-50-53-56-59-62-68(71)74-65-66(64-73-67(70)61-58-55-52-49-46-43-40-37-30-27-24-21-18-15-12-9-6-3)75-69(72)63-60-57-54-51-48-45-42-39-35-32-29-26-23-20-17-14-11-8-5-2/h7,9-10,12,16,18-19,21,25-30,33-34,38,40-41,43,49,52,66H,4-6,8,11,13-15,17,20,22-24,31-32,35-37,39,42,44-48,50-51,53-65H2,1-3H3/b10-7-,12-9-,19-16-,21-18-,28-25-,29-26-,30-27-,34-33-,41-38-,43-40-,52-49-. The Balaban J connectivity index is 4.52. The second-order valence-corrected chi connectivity index (χ2v) is 19.8. The molecule has 0 rings (SSSR count). The summed E-state index contributed by atoms with van der Waals surface area (Å²) in [6.07, 6.45) is 87.3. The number of hydrogen-bond acceptors (Lipinski definition) is 6. The van der Waals surface area contributed by atoms with Crippen molar-refractivity contribution in [1.29, 1.82) is 0 Å². The fourth-order valence-electron chi connectivity index (χ4n) is 8.09. The van der Waals surface area contributed by atoms with E-state index in [1.165, 1.54) is 89.9 Å². The van der Waals surface area contributed by atoms with E-state index in [1.54, 1.807) is 0 Å². The molecule has 0 saturated carbocycles.